The summed E-state index contributed by atoms with van der Waals surface area (Å²) in [6.07, 6.45) is 2.36. The van der Waals surface area contributed by atoms with Crippen LogP contribution in [0.1, 0.15) is 16.1 Å². The summed E-state index contributed by atoms with van der Waals surface area (Å²) < 4.78 is 1.51. The van der Waals surface area contributed by atoms with Gasteiger partial charge in [-0.05, 0) is 0 Å². The standard InChI is InChI=1S/C6H9N3O/c1-9-6(4-10)5(2-7)3-8-9/h3-4H,2,7H2,1H3. The van der Waals surface area contributed by atoms with Gasteiger partial charge in [0.05, 0.1) is 6.20 Å². The second-order valence-corrected chi connectivity index (χ2v) is 2.00. The molecule has 0 aromatic carbocycles. The van der Waals surface area contributed by atoms with Crippen molar-refractivity contribution in [1.29, 1.82) is 0 Å². The molecule has 0 fully saturated rings. The lowest BCUT2D eigenvalue weighted by Gasteiger charge is -1.92. The predicted octanol–water partition coefficient (Wildman–Crippen LogP) is -0.309. The summed E-state index contributed by atoms with van der Waals surface area (Å²) >= 11 is 0. The van der Waals surface area contributed by atoms with Crippen molar-refractivity contribution in [1.82, 2.24) is 9.78 Å². The van der Waals surface area contributed by atoms with Crippen LogP contribution < -0.4 is 5.73 Å². The summed E-state index contributed by atoms with van der Waals surface area (Å²) in [4.78, 5) is 10.4. The molecule has 0 aliphatic rings. The van der Waals surface area contributed by atoms with Crippen molar-refractivity contribution in [2.24, 2.45) is 12.8 Å². The Hall–Kier alpha value is -1.16. The molecule has 0 amide bonds. The minimum Gasteiger partial charge on any atom is -0.326 e. The number of aldehydes is 1. The lowest BCUT2D eigenvalue weighted by atomic mass is 10.3. The third kappa shape index (κ3) is 0.930. The third-order valence-corrected chi connectivity index (χ3v) is 1.40. The van der Waals surface area contributed by atoms with E-state index in [0.717, 1.165) is 11.8 Å². The third-order valence-electron chi connectivity index (χ3n) is 1.40. The van der Waals surface area contributed by atoms with Crippen molar-refractivity contribution in [2.75, 3.05) is 0 Å². The number of nitrogens with two attached hydrogens (primary N) is 1. The van der Waals surface area contributed by atoms with Gasteiger partial charge in [-0.25, -0.2) is 0 Å². The highest BCUT2D eigenvalue weighted by molar-refractivity contribution is 5.74. The molecular weight excluding hydrogens is 130 g/mol. The lowest BCUT2D eigenvalue weighted by Crippen LogP contribution is -2.02. The molecule has 0 atom stereocenters. The molecule has 0 aliphatic heterocycles. The van der Waals surface area contributed by atoms with Gasteiger partial charge in [0.25, 0.3) is 0 Å². The molecule has 0 radical (unpaired) electrons. The summed E-state index contributed by atoms with van der Waals surface area (Å²) in [6.45, 7) is 0.363. The summed E-state index contributed by atoms with van der Waals surface area (Å²) in [5.74, 6) is 0. The van der Waals surface area contributed by atoms with E-state index < -0.39 is 0 Å². The van der Waals surface area contributed by atoms with Crippen LogP contribution in [0.5, 0.6) is 0 Å². The van der Waals surface area contributed by atoms with E-state index in [1.54, 1.807) is 13.2 Å². The molecule has 2 N–H and O–H groups in total. The largest absolute Gasteiger partial charge is 0.326 e. The SMILES string of the molecule is Cn1ncc(CN)c1C=O. The minimum atomic E-state index is 0.363. The van der Waals surface area contributed by atoms with E-state index in [1.807, 2.05) is 0 Å². The summed E-state index contributed by atoms with van der Waals surface area (Å²) in [6, 6.07) is 0. The Morgan fingerprint density at radius 2 is 2.60 bits per heavy atom. The van der Waals surface area contributed by atoms with Gasteiger partial charge >= 0.3 is 0 Å². The number of carbonyl (C=O) groups excluding carboxylic acids is 1. The van der Waals surface area contributed by atoms with Gasteiger partial charge in [0.2, 0.25) is 0 Å². The second kappa shape index (κ2) is 2.62. The molecule has 0 saturated heterocycles. The van der Waals surface area contributed by atoms with Gasteiger partial charge in [0.1, 0.15) is 5.69 Å². The van der Waals surface area contributed by atoms with E-state index in [1.165, 1.54) is 4.68 Å². The highest BCUT2D eigenvalue weighted by atomic mass is 16.1. The highest BCUT2D eigenvalue weighted by Crippen LogP contribution is 2.01. The Morgan fingerprint density at radius 1 is 1.90 bits per heavy atom. The fourth-order valence-electron chi connectivity index (χ4n) is 0.802. The molecule has 4 heteroatoms. The molecule has 1 rings (SSSR count). The van der Waals surface area contributed by atoms with Crippen LogP contribution in [0.3, 0.4) is 0 Å². The van der Waals surface area contributed by atoms with Crippen molar-refractivity contribution >= 4 is 6.29 Å². The van der Waals surface area contributed by atoms with Crippen LogP contribution in [-0.4, -0.2) is 16.1 Å². The topological polar surface area (TPSA) is 60.9 Å². The fourth-order valence-corrected chi connectivity index (χ4v) is 0.802. The summed E-state index contributed by atoms with van der Waals surface area (Å²) in [5, 5.41) is 3.86. The van der Waals surface area contributed by atoms with Crippen molar-refractivity contribution < 1.29 is 4.79 Å². The van der Waals surface area contributed by atoms with Gasteiger partial charge < -0.3 is 5.73 Å². The van der Waals surface area contributed by atoms with Gasteiger partial charge in [-0.1, -0.05) is 0 Å². The maximum absolute atomic E-state index is 10.4. The van der Waals surface area contributed by atoms with Crippen molar-refractivity contribution in [3.63, 3.8) is 0 Å². The van der Waals surface area contributed by atoms with E-state index in [9.17, 15) is 4.79 Å². The molecule has 1 aromatic heterocycles. The number of aryl methyl sites for hydroxylation is 1. The van der Waals surface area contributed by atoms with E-state index in [-0.39, 0.29) is 0 Å². The summed E-state index contributed by atoms with van der Waals surface area (Å²) in [7, 11) is 1.71. The van der Waals surface area contributed by atoms with E-state index in [2.05, 4.69) is 5.10 Å². The fraction of sp³-hybridized carbons (Fsp3) is 0.333. The smallest absolute Gasteiger partial charge is 0.168 e. The average Bonchev–Trinajstić information content (AvgIpc) is 2.30. The molecule has 0 saturated carbocycles. The first kappa shape index (κ1) is 6.95. The first-order valence-corrected chi connectivity index (χ1v) is 2.95. The van der Waals surface area contributed by atoms with Crippen molar-refractivity contribution in [3.8, 4) is 0 Å². The van der Waals surface area contributed by atoms with Gasteiger partial charge in [-0.15, -0.1) is 0 Å². The maximum atomic E-state index is 10.4. The number of hydrogen-bond acceptors (Lipinski definition) is 3. The summed E-state index contributed by atoms with van der Waals surface area (Å²) in [5.41, 5.74) is 6.67. The van der Waals surface area contributed by atoms with Gasteiger partial charge in [0.15, 0.2) is 6.29 Å². The van der Waals surface area contributed by atoms with E-state index in [0.29, 0.717) is 12.2 Å². The molecule has 1 heterocycles. The molecule has 0 aliphatic carbocycles. The highest BCUT2D eigenvalue weighted by Gasteiger charge is 2.03. The number of carbonyl (C=O) groups is 1. The molecule has 0 bridgehead atoms. The Labute approximate surface area is 58.6 Å². The first-order chi connectivity index (χ1) is 4.79. The zero-order chi connectivity index (χ0) is 7.56. The number of nitrogens with zero attached hydrogens (tertiary/aromatic N) is 2. The number of hydrogen-bond donors (Lipinski definition) is 1. The Morgan fingerprint density at radius 3 is 3.00 bits per heavy atom. The van der Waals surface area contributed by atoms with Crippen LogP contribution in [0, 0.1) is 0 Å². The minimum absolute atomic E-state index is 0.363. The molecule has 1 aromatic rings. The van der Waals surface area contributed by atoms with E-state index in [4.69, 9.17) is 5.73 Å². The Balaban J connectivity index is 3.12. The van der Waals surface area contributed by atoms with Crippen molar-refractivity contribution in [2.45, 2.75) is 6.54 Å². The van der Waals surface area contributed by atoms with Gasteiger partial charge in [-0.3, -0.25) is 9.48 Å². The van der Waals surface area contributed by atoms with Crippen LogP contribution in [0.15, 0.2) is 6.20 Å². The normalized spacial score (nSPS) is 9.80. The number of aromatic nitrogens is 2. The first-order valence-electron chi connectivity index (χ1n) is 2.95. The van der Waals surface area contributed by atoms with E-state index >= 15 is 0 Å². The average molecular weight is 139 g/mol. The van der Waals surface area contributed by atoms with Crippen LogP contribution in [0.2, 0.25) is 0 Å². The molecule has 0 spiro atoms. The maximum Gasteiger partial charge on any atom is 0.168 e. The predicted molar refractivity (Wildman–Crippen MR) is 36.5 cm³/mol. The number of rotatable bonds is 2. The zero-order valence-corrected chi connectivity index (χ0v) is 5.74. The lowest BCUT2D eigenvalue weighted by molar-refractivity contribution is 0.111. The van der Waals surface area contributed by atoms with Crippen molar-refractivity contribution in [3.05, 3.63) is 17.5 Å². The van der Waals surface area contributed by atoms with Crippen LogP contribution in [0.25, 0.3) is 0 Å². The van der Waals surface area contributed by atoms with Gasteiger partial charge in [0, 0.05) is 19.2 Å². The Bertz CT molecular complexity index is 241. The zero-order valence-electron chi connectivity index (χ0n) is 5.74. The molecule has 54 valence electrons. The van der Waals surface area contributed by atoms with Crippen LogP contribution >= 0.6 is 0 Å². The second-order valence-electron chi connectivity index (χ2n) is 2.00. The Kier molecular flexibility index (Phi) is 1.82. The molecular formula is C6H9N3O. The quantitative estimate of drug-likeness (QED) is 0.572. The molecule has 0 unspecified atom stereocenters. The molecule has 10 heavy (non-hydrogen) atoms. The van der Waals surface area contributed by atoms with Gasteiger partial charge in [-0.2, -0.15) is 5.10 Å². The van der Waals surface area contributed by atoms with Crippen LogP contribution in [-0.2, 0) is 13.6 Å². The monoisotopic (exact) mass is 139 g/mol. The van der Waals surface area contributed by atoms with Crippen LogP contribution in [0.4, 0.5) is 0 Å². The molecule has 4 nitrogen and oxygen atoms in total.